The summed E-state index contributed by atoms with van der Waals surface area (Å²) >= 11 is 3.05. The van der Waals surface area contributed by atoms with E-state index in [1.165, 1.54) is 24.3 Å². The number of hydrogen-bond acceptors (Lipinski definition) is 2. The van der Waals surface area contributed by atoms with Crippen molar-refractivity contribution >= 4 is 27.5 Å². The number of nitrogens with two attached hydrogens (primary N) is 1. The number of amides is 1. The van der Waals surface area contributed by atoms with Gasteiger partial charge in [0.25, 0.3) is 0 Å². The second-order valence-electron chi connectivity index (χ2n) is 4.15. The lowest BCUT2D eigenvalue weighted by atomic mass is 10.1. The zero-order chi connectivity index (χ0) is 14.7. The van der Waals surface area contributed by atoms with E-state index in [2.05, 4.69) is 21.2 Å². The lowest BCUT2D eigenvalue weighted by molar-refractivity contribution is 0.1000. The summed E-state index contributed by atoms with van der Waals surface area (Å²) in [5, 5.41) is 2.88. The zero-order valence-corrected chi connectivity index (χ0v) is 11.9. The molecule has 0 spiro atoms. The molecule has 0 saturated heterocycles. The van der Waals surface area contributed by atoms with Gasteiger partial charge in [0.15, 0.2) is 0 Å². The molecule has 0 bridgehead atoms. The zero-order valence-electron chi connectivity index (χ0n) is 10.3. The Morgan fingerprint density at radius 1 is 1.15 bits per heavy atom. The molecule has 0 saturated carbocycles. The van der Waals surface area contributed by atoms with Gasteiger partial charge in [-0.1, -0.05) is 0 Å². The average molecular weight is 341 g/mol. The van der Waals surface area contributed by atoms with E-state index in [1.807, 2.05) is 0 Å². The van der Waals surface area contributed by atoms with Crippen LogP contribution in [0, 0.1) is 11.6 Å². The first-order valence-corrected chi connectivity index (χ1v) is 6.54. The molecule has 2 aromatic carbocycles. The third-order valence-electron chi connectivity index (χ3n) is 2.73. The molecule has 2 rings (SSSR count). The van der Waals surface area contributed by atoms with Crippen molar-refractivity contribution in [2.75, 3.05) is 5.32 Å². The summed E-state index contributed by atoms with van der Waals surface area (Å²) in [5.74, 6) is -1.50. The number of carbonyl (C=O) groups excluding carboxylic acids is 1. The van der Waals surface area contributed by atoms with Crippen LogP contribution in [-0.4, -0.2) is 5.91 Å². The molecule has 0 aliphatic rings. The monoisotopic (exact) mass is 340 g/mol. The Bertz CT molecular complexity index is 662. The molecular weight excluding hydrogens is 330 g/mol. The predicted molar refractivity (Wildman–Crippen MR) is 76.3 cm³/mol. The number of nitrogens with one attached hydrogen (secondary N) is 1. The lowest BCUT2D eigenvalue weighted by Gasteiger charge is -2.09. The Morgan fingerprint density at radius 2 is 1.90 bits per heavy atom. The molecule has 2 aromatic rings. The van der Waals surface area contributed by atoms with Crippen LogP contribution in [0.5, 0.6) is 0 Å². The molecule has 20 heavy (non-hydrogen) atoms. The molecule has 0 radical (unpaired) electrons. The molecule has 0 atom stereocenters. The van der Waals surface area contributed by atoms with Gasteiger partial charge >= 0.3 is 0 Å². The molecule has 0 aromatic heterocycles. The van der Waals surface area contributed by atoms with Crippen LogP contribution in [0.1, 0.15) is 15.9 Å². The predicted octanol–water partition coefficient (Wildman–Crippen LogP) is 3.44. The summed E-state index contributed by atoms with van der Waals surface area (Å²) in [5.41, 5.74) is 6.16. The van der Waals surface area contributed by atoms with Crippen molar-refractivity contribution < 1.29 is 13.6 Å². The standard InChI is InChI=1S/C14H11BrF2N2O/c15-11-3-2-10(6-13(11)17)19-7-9-5-8(14(18)20)1-4-12(9)16/h1-6,19H,7H2,(H2,18,20). The summed E-state index contributed by atoms with van der Waals surface area (Å²) in [6, 6.07) is 8.37. The van der Waals surface area contributed by atoms with Gasteiger partial charge in [-0.05, 0) is 52.3 Å². The fourth-order valence-corrected chi connectivity index (χ4v) is 1.91. The number of carbonyl (C=O) groups is 1. The average Bonchev–Trinajstić information content (AvgIpc) is 2.41. The van der Waals surface area contributed by atoms with Gasteiger partial charge < -0.3 is 11.1 Å². The van der Waals surface area contributed by atoms with Crippen molar-refractivity contribution in [2.24, 2.45) is 5.73 Å². The third-order valence-corrected chi connectivity index (χ3v) is 3.38. The quantitative estimate of drug-likeness (QED) is 0.895. The Hall–Kier alpha value is -1.95. The molecule has 6 heteroatoms. The molecule has 0 unspecified atom stereocenters. The van der Waals surface area contributed by atoms with Crippen molar-refractivity contribution in [3.8, 4) is 0 Å². The van der Waals surface area contributed by atoms with Crippen LogP contribution in [0.15, 0.2) is 40.9 Å². The molecule has 3 N–H and O–H groups in total. The van der Waals surface area contributed by atoms with Gasteiger partial charge in [-0.15, -0.1) is 0 Å². The fourth-order valence-electron chi connectivity index (χ4n) is 1.67. The van der Waals surface area contributed by atoms with E-state index in [-0.39, 0.29) is 17.7 Å². The first kappa shape index (κ1) is 14.5. The number of anilines is 1. The van der Waals surface area contributed by atoms with Gasteiger partial charge in [0.2, 0.25) is 5.91 Å². The second kappa shape index (κ2) is 6.00. The van der Waals surface area contributed by atoms with Crippen LogP contribution in [0.2, 0.25) is 0 Å². The van der Waals surface area contributed by atoms with Gasteiger partial charge in [-0.25, -0.2) is 8.78 Å². The first-order valence-electron chi connectivity index (χ1n) is 5.74. The third kappa shape index (κ3) is 3.33. The van der Waals surface area contributed by atoms with Crippen LogP contribution < -0.4 is 11.1 Å². The summed E-state index contributed by atoms with van der Waals surface area (Å²) in [6.45, 7) is 0.119. The van der Waals surface area contributed by atoms with Crippen molar-refractivity contribution in [3.63, 3.8) is 0 Å². The maximum absolute atomic E-state index is 13.6. The summed E-state index contributed by atoms with van der Waals surface area (Å²) in [7, 11) is 0. The maximum atomic E-state index is 13.6. The molecule has 104 valence electrons. The number of rotatable bonds is 4. The highest BCUT2D eigenvalue weighted by Gasteiger charge is 2.07. The van der Waals surface area contributed by atoms with Crippen molar-refractivity contribution in [2.45, 2.75) is 6.54 Å². The van der Waals surface area contributed by atoms with E-state index in [0.29, 0.717) is 10.2 Å². The van der Waals surface area contributed by atoms with Gasteiger partial charge in [0.1, 0.15) is 11.6 Å². The molecule has 1 amide bonds. The molecule has 0 heterocycles. The van der Waals surface area contributed by atoms with Gasteiger partial charge in [-0.3, -0.25) is 4.79 Å². The van der Waals surface area contributed by atoms with E-state index in [0.717, 1.165) is 0 Å². The Balaban J connectivity index is 2.15. The maximum Gasteiger partial charge on any atom is 0.248 e. The minimum Gasteiger partial charge on any atom is -0.381 e. The summed E-state index contributed by atoms with van der Waals surface area (Å²) in [4.78, 5) is 11.0. The Morgan fingerprint density at radius 3 is 2.55 bits per heavy atom. The molecule has 0 aliphatic heterocycles. The van der Waals surface area contributed by atoms with Gasteiger partial charge in [0.05, 0.1) is 4.47 Å². The number of benzene rings is 2. The molecule has 3 nitrogen and oxygen atoms in total. The Labute approximate surface area is 122 Å². The topological polar surface area (TPSA) is 55.1 Å². The molecule has 0 aliphatic carbocycles. The van der Waals surface area contributed by atoms with Gasteiger partial charge in [-0.2, -0.15) is 0 Å². The second-order valence-corrected chi connectivity index (χ2v) is 5.01. The highest BCUT2D eigenvalue weighted by atomic mass is 79.9. The van der Waals surface area contributed by atoms with E-state index < -0.39 is 17.5 Å². The van der Waals surface area contributed by atoms with Gasteiger partial charge in [0, 0.05) is 23.4 Å². The van der Waals surface area contributed by atoms with Crippen molar-refractivity contribution in [1.82, 2.24) is 0 Å². The van der Waals surface area contributed by atoms with Crippen LogP contribution in [0.3, 0.4) is 0 Å². The van der Waals surface area contributed by atoms with Crippen molar-refractivity contribution in [3.05, 3.63) is 63.6 Å². The highest BCUT2D eigenvalue weighted by molar-refractivity contribution is 9.10. The molecular formula is C14H11BrF2N2O. The van der Waals surface area contributed by atoms with E-state index in [1.54, 1.807) is 12.1 Å². The lowest BCUT2D eigenvalue weighted by Crippen LogP contribution is -2.12. The number of hydrogen-bond donors (Lipinski definition) is 2. The smallest absolute Gasteiger partial charge is 0.248 e. The minimum absolute atomic E-state index is 0.119. The van der Waals surface area contributed by atoms with E-state index in [9.17, 15) is 13.6 Å². The number of halogens is 3. The normalized spacial score (nSPS) is 10.3. The van der Waals surface area contributed by atoms with Crippen LogP contribution >= 0.6 is 15.9 Å². The highest BCUT2D eigenvalue weighted by Crippen LogP contribution is 2.20. The summed E-state index contributed by atoms with van der Waals surface area (Å²) in [6.07, 6.45) is 0. The Kier molecular flexibility index (Phi) is 4.34. The van der Waals surface area contributed by atoms with Crippen LogP contribution in [0.25, 0.3) is 0 Å². The van der Waals surface area contributed by atoms with E-state index >= 15 is 0 Å². The number of primary amides is 1. The van der Waals surface area contributed by atoms with Crippen LogP contribution in [-0.2, 0) is 6.54 Å². The van der Waals surface area contributed by atoms with Crippen molar-refractivity contribution in [1.29, 1.82) is 0 Å². The fraction of sp³-hybridized carbons (Fsp3) is 0.0714. The first-order chi connectivity index (χ1) is 9.47. The molecule has 0 fully saturated rings. The SMILES string of the molecule is NC(=O)c1ccc(F)c(CNc2ccc(Br)c(F)c2)c1. The largest absolute Gasteiger partial charge is 0.381 e. The minimum atomic E-state index is -0.624. The van der Waals surface area contributed by atoms with E-state index in [4.69, 9.17) is 5.73 Å². The van der Waals surface area contributed by atoms with Crippen LogP contribution in [0.4, 0.5) is 14.5 Å². The summed E-state index contributed by atoms with van der Waals surface area (Å²) < 4.78 is 27.3.